The lowest BCUT2D eigenvalue weighted by molar-refractivity contribution is -0.245. The van der Waals surface area contributed by atoms with Gasteiger partial charge in [-0.1, -0.05) is 0 Å². The van der Waals surface area contributed by atoms with Gasteiger partial charge in [-0.2, -0.15) is 0 Å². The van der Waals surface area contributed by atoms with E-state index in [1.165, 1.54) is 0 Å². The van der Waals surface area contributed by atoms with Gasteiger partial charge in [0.15, 0.2) is 0 Å². The first-order valence-corrected chi connectivity index (χ1v) is 5.08. The van der Waals surface area contributed by atoms with Crippen molar-refractivity contribution in [2.24, 2.45) is 0 Å². The Labute approximate surface area is 86.7 Å². The summed E-state index contributed by atoms with van der Waals surface area (Å²) in [5, 5.41) is 19.6. The highest BCUT2D eigenvalue weighted by atomic mass is 16.7. The van der Waals surface area contributed by atoms with E-state index in [0.29, 0.717) is 13.2 Å². The van der Waals surface area contributed by atoms with Crippen molar-refractivity contribution >= 4 is 0 Å². The fourth-order valence-electron chi connectivity index (χ4n) is 2.00. The average molecular weight is 218 g/mol. The second kappa shape index (κ2) is 3.38. The molecule has 5 atom stereocenters. The Bertz CT molecular complexity index is 255. The molecule has 0 radical (unpaired) electrons. The summed E-state index contributed by atoms with van der Waals surface area (Å²) in [5.41, 5.74) is 0. The zero-order valence-corrected chi connectivity index (χ0v) is 8.17. The minimum atomic E-state index is -1.44. The molecule has 86 valence electrons. The predicted octanol–water partition coefficient (Wildman–Crippen LogP) is -1.75. The van der Waals surface area contributed by atoms with Gasteiger partial charge in [0.1, 0.15) is 31.0 Å². The molecule has 0 saturated carbocycles. The maximum absolute atomic E-state index is 10.1. The van der Waals surface area contributed by atoms with Crippen molar-refractivity contribution in [1.82, 2.24) is 0 Å². The van der Waals surface area contributed by atoms with E-state index in [9.17, 15) is 10.2 Å². The molecule has 1 unspecified atom stereocenters. The smallest absolute Gasteiger partial charge is 0.219 e. The van der Waals surface area contributed by atoms with Crippen LogP contribution in [0.25, 0.3) is 0 Å². The Kier molecular flexibility index (Phi) is 2.24. The van der Waals surface area contributed by atoms with E-state index >= 15 is 0 Å². The van der Waals surface area contributed by atoms with Crippen LogP contribution in [0.2, 0.25) is 0 Å². The number of hydrogen-bond donors (Lipinski definition) is 2. The van der Waals surface area contributed by atoms with Gasteiger partial charge in [-0.15, -0.1) is 0 Å². The quantitative estimate of drug-likeness (QED) is 0.432. The summed E-state index contributed by atoms with van der Waals surface area (Å²) >= 11 is 0. The molecule has 3 aliphatic rings. The van der Waals surface area contributed by atoms with Gasteiger partial charge < -0.3 is 29.2 Å². The molecule has 15 heavy (non-hydrogen) atoms. The van der Waals surface area contributed by atoms with E-state index in [2.05, 4.69) is 0 Å². The first kappa shape index (κ1) is 9.95. The number of aliphatic hydroxyl groups is 2. The summed E-state index contributed by atoms with van der Waals surface area (Å²) in [6.45, 7) is 1.23. The molecule has 0 aliphatic carbocycles. The number of ether oxygens (including phenoxy) is 4. The van der Waals surface area contributed by atoms with E-state index < -0.39 is 24.1 Å². The van der Waals surface area contributed by atoms with Gasteiger partial charge in [0, 0.05) is 0 Å². The van der Waals surface area contributed by atoms with Crippen molar-refractivity contribution in [2.45, 2.75) is 30.2 Å². The van der Waals surface area contributed by atoms with Crippen LogP contribution in [0.15, 0.2) is 0 Å². The lowest BCUT2D eigenvalue weighted by Crippen LogP contribution is -2.46. The topological polar surface area (TPSA) is 80.7 Å². The van der Waals surface area contributed by atoms with Gasteiger partial charge in [-0.05, 0) is 0 Å². The lowest BCUT2D eigenvalue weighted by Gasteiger charge is -2.26. The summed E-state index contributed by atoms with van der Waals surface area (Å²) in [6, 6.07) is 0. The number of rotatable bonds is 3. The van der Waals surface area contributed by atoms with Crippen molar-refractivity contribution in [1.29, 1.82) is 0 Å². The Balaban J connectivity index is 1.64. The maximum Gasteiger partial charge on any atom is 0.219 e. The first-order chi connectivity index (χ1) is 7.19. The van der Waals surface area contributed by atoms with Crippen molar-refractivity contribution in [2.75, 3.05) is 26.4 Å². The van der Waals surface area contributed by atoms with E-state index in [-0.39, 0.29) is 19.3 Å². The van der Waals surface area contributed by atoms with Crippen molar-refractivity contribution in [3.8, 4) is 0 Å². The maximum atomic E-state index is 10.1. The molecule has 6 nitrogen and oxygen atoms in total. The number of hydrogen-bond acceptors (Lipinski definition) is 6. The standard InChI is InChI=1S/C9H14O6/c10-6-3-13-8-7(6)14-4-9(8,11)15-2-5-1-12-5/h5-8,10-11H,1-4H2/t5?,6-,7-,8+,9+/m1/s1. The Morgan fingerprint density at radius 1 is 1.27 bits per heavy atom. The molecule has 3 rings (SSSR count). The molecule has 3 saturated heterocycles. The molecule has 0 bridgehead atoms. The average Bonchev–Trinajstić information content (AvgIpc) is 2.89. The summed E-state index contributed by atoms with van der Waals surface area (Å²) in [4.78, 5) is 0. The van der Waals surface area contributed by atoms with E-state index in [4.69, 9.17) is 18.9 Å². The number of epoxide rings is 1. The van der Waals surface area contributed by atoms with Crippen molar-refractivity contribution in [3.63, 3.8) is 0 Å². The monoisotopic (exact) mass is 218 g/mol. The fraction of sp³-hybridized carbons (Fsp3) is 1.00. The molecule has 0 aromatic carbocycles. The molecule has 2 N–H and O–H groups in total. The Morgan fingerprint density at radius 3 is 2.80 bits per heavy atom. The number of aliphatic hydroxyl groups excluding tert-OH is 1. The Hall–Kier alpha value is -0.240. The third-order valence-corrected chi connectivity index (χ3v) is 2.97. The molecular weight excluding hydrogens is 204 g/mol. The molecule has 0 aromatic heterocycles. The third-order valence-electron chi connectivity index (χ3n) is 2.97. The highest BCUT2D eigenvalue weighted by Gasteiger charge is 2.57. The highest BCUT2D eigenvalue weighted by Crippen LogP contribution is 2.35. The SMILES string of the molecule is O[C@@H]1CO[C@H]2[C@@H]1OC[C@]2(O)OCC1CO1. The fourth-order valence-corrected chi connectivity index (χ4v) is 2.00. The molecule has 6 heteroatoms. The van der Waals surface area contributed by atoms with Gasteiger partial charge in [-0.25, -0.2) is 0 Å². The molecule has 0 aromatic rings. The van der Waals surface area contributed by atoms with Gasteiger partial charge in [0.2, 0.25) is 5.79 Å². The summed E-state index contributed by atoms with van der Waals surface area (Å²) < 4.78 is 20.9. The molecular formula is C9H14O6. The van der Waals surface area contributed by atoms with Crippen molar-refractivity contribution in [3.05, 3.63) is 0 Å². The first-order valence-electron chi connectivity index (χ1n) is 5.08. The molecule has 3 fully saturated rings. The predicted molar refractivity (Wildman–Crippen MR) is 46.1 cm³/mol. The van der Waals surface area contributed by atoms with Gasteiger partial charge in [0.25, 0.3) is 0 Å². The summed E-state index contributed by atoms with van der Waals surface area (Å²) in [5.74, 6) is -1.44. The van der Waals surface area contributed by atoms with Crippen LogP contribution in [0.1, 0.15) is 0 Å². The normalized spacial score (nSPS) is 53.2. The van der Waals surface area contributed by atoms with Crippen LogP contribution in [0.5, 0.6) is 0 Å². The van der Waals surface area contributed by atoms with Crippen LogP contribution in [0, 0.1) is 0 Å². The minimum Gasteiger partial charge on any atom is -0.388 e. The van der Waals surface area contributed by atoms with Gasteiger partial charge in [-0.3, -0.25) is 0 Å². The van der Waals surface area contributed by atoms with E-state index in [0.717, 1.165) is 0 Å². The largest absolute Gasteiger partial charge is 0.388 e. The van der Waals surface area contributed by atoms with Crippen LogP contribution in [0.3, 0.4) is 0 Å². The molecule has 0 amide bonds. The van der Waals surface area contributed by atoms with Crippen LogP contribution < -0.4 is 0 Å². The van der Waals surface area contributed by atoms with Crippen LogP contribution in [-0.2, 0) is 18.9 Å². The summed E-state index contributed by atoms with van der Waals surface area (Å²) in [6.07, 6.45) is -1.66. The second-order valence-electron chi connectivity index (χ2n) is 4.21. The van der Waals surface area contributed by atoms with E-state index in [1.54, 1.807) is 0 Å². The molecule has 0 spiro atoms. The Morgan fingerprint density at radius 2 is 2.07 bits per heavy atom. The van der Waals surface area contributed by atoms with E-state index in [1.807, 2.05) is 0 Å². The second-order valence-corrected chi connectivity index (χ2v) is 4.21. The zero-order valence-electron chi connectivity index (χ0n) is 8.17. The zero-order chi connectivity index (χ0) is 10.5. The summed E-state index contributed by atoms with van der Waals surface area (Å²) in [7, 11) is 0. The van der Waals surface area contributed by atoms with Crippen LogP contribution >= 0.6 is 0 Å². The van der Waals surface area contributed by atoms with Gasteiger partial charge >= 0.3 is 0 Å². The lowest BCUT2D eigenvalue weighted by atomic mass is 10.1. The minimum absolute atomic E-state index is 0.0338. The van der Waals surface area contributed by atoms with Gasteiger partial charge in [0.05, 0.1) is 19.8 Å². The van der Waals surface area contributed by atoms with Crippen molar-refractivity contribution < 1.29 is 29.2 Å². The molecule has 3 heterocycles. The van der Waals surface area contributed by atoms with Crippen LogP contribution in [0.4, 0.5) is 0 Å². The number of fused-ring (bicyclic) bond motifs is 1. The van der Waals surface area contributed by atoms with Crippen LogP contribution in [-0.4, -0.2) is 66.8 Å². The highest BCUT2D eigenvalue weighted by molar-refractivity contribution is 4.99. The third kappa shape index (κ3) is 1.67. The molecule has 3 aliphatic heterocycles.